The van der Waals surface area contributed by atoms with Gasteiger partial charge < -0.3 is 0 Å². The number of nitrogens with one attached hydrogen (secondary N) is 1. The van der Waals surface area contributed by atoms with Crippen LogP contribution < -0.4 is 4.72 Å². The van der Waals surface area contributed by atoms with Crippen molar-refractivity contribution in [3.63, 3.8) is 0 Å². The van der Waals surface area contributed by atoms with E-state index < -0.39 is 21.0 Å². The monoisotopic (exact) mass is 300 g/mol. The number of aryl methyl sites for hydroxylation is 1. The van der Waals surface area contributed by atoms with Gasteiger partial charge in [0.25, 0.3) is 5.69 Å². The molecule has 1 aromatic carbocycles. The lowest BCUT2D eigenvalue weighted by atomic mass is 10.2. The number of nitro groups is 1. The number of carbonyl (C=O) groups excluding carboxylic acids is 1. The Morgan fingerprint density at radius 1 is 1.45 bits per heavy atom. The second kappa shape index (κ2) is 6.10. The van der Waals surface area contributed by atoms with Crippen LogP contribution in [0.15, 0.2) is 23.1 Å². The quantitative estimate of drug-likeness (QED) is 0.633. The van der Waals surface area contributed by atoms with Gasteiger partial charge in [0.2, 0.25) is 10.0 Å². The van der Waals surface area contributed by atoms with Gasteiger partial charge in [-0.1, -0.05) is 13.0 Å². The summed E-state index contributed by atoms with van der Waals surface area (Å²) < 4.78 is 26.3. The topological polar surface area (TPSA) is 106 Å². The molecule has 0 saturated carbocycles. The summed E-state index contributed by atoms with van der Waals surface area (Å²) in [5, 5.41) is 10.8. The summed E-state index contributed by atoms with van der Waals surface area (Å²) in [6.07, 6.45) is 0.206. The third-order valence-corrected chi connectivity index (χ3v) is 4.39. The Morgan fingerprint density at radius 2 is 2.05 bits per heavy atom. The fraction of sp³-hybridized carbons (Fsp3) is 0.417. The lowest BCUT2D eigenvalue weighted by molar-refractivity contribution is -0.385. The van der Waals surface area contributed by atoms with Crippen LogP contribution in [0.25, 0.3) is 0 Å². The number of rotatable bonds is 6. The lowest BCUT2D eigenvalue weighted by Gasteiger charge is -2.12. The molecule has 7 nitrogen and oxygen atoms in total. The van der Waals surface area contributed by atoms with Gasteiger partial charge in [0.15, 0.2) is 0 Å². The minimum atomic E-state index is -3.96. The van der Waals surface area contributed by atoms with Crippen LogP contribution in [0.5, 0.6) is 0 Å². The number of nitrogens with zero attached hydrogens (tertiary/aromatic N) is 1. The number of benzene rings is 1. The third kappa shape index (κ3) is 3.61. The molecule has 110 valence electrons. The van der Waals surface area contributed by atoms with Gasteiger partial charge in [0.05, 0.1) is 15.9 Å². The molecule has 0 fully saturated rings. The molecule has 1 aromatic rings. The zero-order chi connectivity index (χ0) is 15.5. The standard InChI is InChI=1S/C12H16N2O5S/c1-4-12(15)9(3)13-20(18,19)10-6-5-8(2)11(7-10)14(16)17/h5-7,9,13H,4H2,1-3H3. The highest BCUT2D eigenvalue weighted by Gasteiger charge is 2.23. The van der Waals surface area contributed by atoms with Gasteiger partial charge in [-0.2, -0.15) is 0 Å². The summed E-state index contributed by atoms with van der Waals surface area (Å²) in [4.78, 5) is 21.4. The summed E-state index contributed by atoms with van der Waals surface area (Å²) >= 11 is 0. The molecule has 20 heavy (non-hydrogen) atoms. The van der Waals surface area contributed by atoms with E-state index in [-0.39, 0.29) is 22.8 Å². The number of nitro benzene ring substituents is 1. The van der Waals surface area contributed by atoms with Crippen molar-refractivity contribution in [1.29, 1.82) is 0 Å². The van der Waals surface area contributed by atoms with Crippen molar-refractivity contribution in [1.82, 2.24) is 4.72 Å². The van der Waals surface area contributed by atoms with Crippen LogP contribution in [0.4, 0.5) is 5.69 Å². The summed E-state index contributed by atoms with van der Waals surface area (Å²) in [6, 6.07) is 2.75. The van der Waals surface area contributed by atoms with E-state index >= 15 is 0 Å². The van der Waals surface area contributed by atoms with Crippen molar-refractivity contribution >= 4 is 21.5 Å². The molecule has 0 amide bonds. The lowest BCUT2D eigenvalue weighted by Crippen LogP contribution is -2.38. The Labute approximate surface area is 117 Å². The first-order valence-corrected chi connectivity index (χ1v) is 7.47. The maximum Gasteiger partial charge on any atom is 0.273 e. The molecule has 8 heteroatoms. The van der Waals surface area contributed by atoms with E-state index in [9.17, 15) is 23.3 Å². The average molecular weight is 300 g/mol. The maximum absolute atomic E-state index is 12.1. The number of ketones is 1. The molecule has 1 rings (SSSR count). The van der Waals surface area contributed by atoms with E-state index in [1.807, 2.05) is 0 Å². The van der Waals surface area contributed by atoms with Crippen molar-refractivity contribution in [2.75, 3.05) is 0 Å². The third-order valence-electron chi connectivity index (χ3n) is 2.85. The van der Waals surface area contributed by atoms with Crippen LogP contribution in [0, 0.1) is 17.0 Å². The fourth-order valence-corrected chi connectivity index (χ4v) is 2.87. The predicted octanol–water partition coefficient (Wildman–Crippen LogP) is 1.55. The molecule has 0 aliphatic heterocycles. The summed E-state index contributed by atoms with van der Waals surface area (Å²) in [7, 11) is -3.96. The maximum atomic E-state index is 12.1. The highest BCUT2D eigenvalue weighted by Crippen LogP contribution is 2.22. The van der Waals surface area contributed by atoms with E-state index in [4.69, 9.17) is 0 Å². The van der Waals surface area contributed by atoms with Crippen LogP contribution in [0.1, 0.15) is 25.8 Å². The zero-order valence-corrected chi connectivity index (χ0v) is 12.2. The van der Waals surface area contributed by atoms with E-state index in [1.165, 1.54) is 26.0 Å². The number of Topliss-reactive ketones (excluding diaryl/α,β-unsaturated/α-hetero) is 1. The van der Waals surface area contributed by atoms with E-state index in [1.54, 1.807) is 6.92 Å². The molecule has 0 aromatic heterocycles. The van der Waals surface area contributed by atoms with Gasteiger partial charge in [0, 0.05) is 18.1 Å². The highest BCUT2D eigenvalue weighted by atomic mass is 32.2. The first kappa shape index (κ1) is 16.3. The van der Waals surface area contributed by atoms with Crippen molar-refractivity contribution in [3.05, 3.63) is 33.9 Å². The van der Waals surface area contributed by atoms with Crippen molar-refractivity contribution in [2.45, 2.75) is 38.1 Å². The first-order valence-electron chi connectivity index (χ1n) is 5.99. The normalized spacial score (nSPS) is 12.9. The predicted molar refractivity (Wildman–Crippen MR) is 72.9 cm³/mol. The van der Waals surface area contributed by atoms with Crippen molar-refractivity contribution in [3.8, 4) is 0 Å². The fourth-order valence-electron chi connectivity index (χ4n) is 1.63. The molecule has 0 aliphatic carbocycles. The van der Waals surface area contributed by atoms with Gasteiger partial charge in [-0.25, -0.2) is 13.1 Å². The minimum absolute atomic E-state index is 0.206. The van der Waals surface area contributed by atoms with Gasteiger partial charge in [0.1, 0.15) is 5.78 Å². The molecule has 1 atom stereocenters. The molecular weight excluding hydrogens is 284 g/mol. The van der Waals surface area contributed by atoms with Gasteiger partial charge in [-0.3, -0.25) is 14.9 Å². The molecule has 0 bridgehead atoms. The van der Waals surface area contributed by atoms with E-state index in [0.717, 1.165) is 6.07 Å². The van der Waals surface area contributed by atoms with Crippen LogP contribution in [0.2, 0.25) is 0 Å². The molecular formula is C12H16N2O5S. The Balaban J connectivity index is 3.13. The van der Waals surface area contributed by atoms with Crippen LogP contribution in [-0.4, -0.2) is 25.2 Å². The molecule has 0 heterocycles. The van der Waals surface area contributed by atoms with E-state index in [0.29, 0.717) is 5.56 Å². The average Bonchev–Trinajstić information content (AvgIpc) is 2.36. The van der Waals surface area contributed by atoms with Crippen LogP contribution in [0.3, 0.4) is 0 Å². The Hall–Kier alpha value is -1.80. The Kier molecular flexibility index (Phi) is 4.96. The summed E-state index contributed by atoms with van der Waals surface area (Å²) in [6.45, 7) is 4.58. The second-order valence-corrected chi connectivity index (χ2v) is 6.08. The molecule has 0 aliphatic rings. The highest BCUT2D eigenvalue weighted by molar-refractivity contribution is 7.89. The largest absolute Gasteiger partial charge is 0.298 e. The van der Waals surface area contributed by atoms with Crippen LogP contribution in [-0.2, 0) is 14.8 Å². The molecule has 0 spiro atoms. The number of sulfonamides is 1. The number of hydrogen-bond donors (Lipinski definition) is 1. The summed E-state index contributed by atoms with van der Waals surface area (Å²) in [5.41, 5.74) is 0.0916. The SMILES string of the molecule is CCC(=O)C(C)NS(=O)(=O)c1ccc(C)c([N+](=O)[O-])c1. The Bertz CT molecular complexity index is 639. The number of hydrogen-bond acceptors (Lipinski definition) is 5. The first-order chi connectivity index (χ1) is 9.19. The smallest absolute Gasteiger partial charge is 0.273 e. The molecule has 1 unspecified atom stereocenters. The summed E-state index contributed by atoms with van der Waals surface area (Å²) in [5.74, 6) is -0.254. The van der Waals surface area contributed by atoms with Crippen molar-refractivity contribution in [2.24, 2.45) is 0 Å². The van der Waals surface area contributed by atoms with Crippen molar-refractivity contribution < 1.29 is 18.1 Å². The van der Waals surface area contributed by atoms with Gasteiger partial charge >= 0.3 is 0 Å². The molecule has 0 radical (unpaired) electrons. The number of carbonyl (C=O) groups is 1. The Morgan fingerprint density at radius 3 is 2.55 bits per heavy atom. The van der Waals surface area contributed by atoms with E-state index in [2.05, 4.69) is 4.72 Å². The second-order valence-electron chi connectivity index (χ2n) is 4.37. The van der Waals surface area contributed by atoms with Crippen LogP contribution >= 0.6 is 0 Å². The molecule has 0 saturated heterocycles. The molecule has 1 N–H and O–H groups in total. The minimum Gasteiger partial charge on any atom is -0.298 e. The van der Waals surface area contributed by atoms with Gasteiger partial charge in [-0.15, -0.1) is 0 Å². The van der Waals surface area contributed by atoms with Gasteiger partial charge in [-0.05, 0) is 19.9 Å². The zero-order valence-electron chi connectivity index (χ0n) is 11.4.